The summed E-state index contributed by atoms with van der Waals surface area (Å²) in [6.45, 7) is 0.845. The van der Waals surface area contributed by atoms with E-state index >= 15 is 0 Å². The summed E-state index contributed by atoms with van der Waals surface area (Å²) in [5, 5.41) is 11.2. The Hall–Kier alpha value is -2.74. The standard InChI is InChI=1S/C22H22F2N4OS/c23-16-6-8-17(9-7-16)30-13-11-21(29)25-19-14-15(5-10-18(19)24)22-27-26-20-4-2-1-3-12-28(20)22/h5-10,14H,1-4,11-13H2,(H,25,29). The molecule has 30 heavy (non-hydrogen) atoms. The van der Waals surface area contributed by atoms with Gasteiger partial charge in [0.2, 0.25) is 5.91 Å². The van der Waals surface area contributed by atoms with Gasteiger partial charge in [-0.2, -0.15) is 0 Å². The Morgan fingerprint density at radius 3 is 2.73 bits per heavy atom. The van der Waals surface area contributed by atoms with E-state index in [4.69, 9.17) is 0 Å². The van der Waals surface area contributed by atoms with Crippen LogP contribution >= 0.6 is 11.8 Å². The molecule has 0 saturated heterocycles. The molecule has 0 aliphatic carbocycles. The average Bonchev–Trinajstić information content (AvgIpc) is 2.99. The minimum Gasteiger partial charge on any atom is -0.324 e. The maximum Gasteiger partial charge on any atom is 0.225 e. The molecular weight excluding hydrogens is 406 g/mol. The Morgan fingerprint density at radius 2 is 1.90 bits per heavy atom. The second kappa shape index (κ2) is 9.38. The van der Waals surface area contributed by atoms with E-state index in [0.717, 1.165) is 48.5 Å². The first-order chi connectivity index (χ1) is 14.6. The fourth-order valence-electron chi connectivity index (χ4n) is 3.46. The van der Waals surface area contributed by atoms with Crippen molar-refractivity contribution in [2.45, 2.75) is 43.5 Å². The number of thioether (sulfide) groups is 1. The van der Waals surface area contributed by atoms with Gasteiger partial charge < -0.3 is 9.88 Å². The second-order valence-corrected chi connectivity index (χ2v) is 8.37. The molecule has 0 spiro atoms. The summed E-state index contributed by atoms with van der Waals surface area (Å²) in [5.41, 5.74) is 0.864. The maximum absolute atomic E-state index is 14.3. The number of amides is 1. The van der Waals surface area contributed by atoms with E-state index in [2.05, 4.69) is 20.1 Å². The molecule has 4 rings (SSSR count). The SMILES string of the molecule is O=C(CCSc1ccc(F)cc1)Nc1cc(-c2nnc3n2CCCCC3)ccc1F. The lowest BCUT2D eigenvalue weighted by molar-refractivity contribution is -0.115. The highest BCUT2D eigenvalue weighted by atomic mass is 32.2. The van der Waals surface area contributed by atoms with Crippen LogP contribution in [0.5, 0.6) is 0 Å². The first-order valence-corrected chi connectivity index (χ1v) is 11.0. The van der Waals surface area contributed by atoms with Crippen LogP contribution in [-0.2, 0) is 17.8 Å². The summed E-state index contributed by atoms with van der Waals surface area (Å²) in [6.07, 6.45) is 4.42. The number of hydrogen-bond acceptors (Lipinski definition) is 4. The number of halogens is 2. The van der Waals surface area contributed by atoms with E-state index in [1.807, 2.05) is 0 Å². The molecule has 1 N–H and O–H groups in total. The van der Waals surface area contributed by atoms with Crippen LogP contribution in [-0.4, -0.2) is 26.4 Å². The van der Waals surface area contributed by atoms with Crippen molar-refractivity contribution in [3.8, 4) is 11.4 Å². The fourth-order valence-corrected chi connectivity index (χ4v) is 4.32. The van der Waals surface area contributed by atoms with E-state index < -0.39 is 5.82 Å². The fraction of sp³-hybridized carbons (Fsp3) is 0.318. The maximum atomic E-state index is 14.3. The summed E-state index contributed by atoms with van der Waals surface area (Å²) in [4.78, 5) is 13.2. The molecule has 0 atom stereocenters. The van der Waals surface area contributed by atoms with Crippen molar-refractivity contribution < 1.29 is 13.6 Å². The topological polar surface area (TPSA) is 59.8 Å². The Bertz CT molecular complexity index is 1040. The third kappa shape index (κ3) is 4.87. The van der Waals surface area contributed by atoms with Crippen LogP contribution in [0.15, 0.2) is 47.4 Å². The van der Waals surface area contributed by atoms with Gasteiger partial charge in [-0.15, -0.1) is 22.0 Å². The summed E-state index contributed by atoms with van der Waals surface area (Å²) >= 11 is 1.45. The van der Waals surface area contributed by atoms with Gasteiger partial charge in [-0.25, -0.2) is 8.78 Å². The van der Waals surface area contributed by atoms with Crippen LogP contribution in [0.1, 0.15) is 31.5 Å². The van der Waals surface area contributed by atoms with E-state index in [0.29, 0.717) is 11.6 Å². The highest BCUT2D eigenvalue weighted by Gasteiger charge is 2.17. The second-order valence-electron chi connectivity index (χ2n) is 7.20. The summed E-state index contributed by atoms with van der Waals surface area (Å²) < 4.78 is 29.3. The molecule has 0 saturated carbocycles. The third-order valence-electron chi connectivity index (χ3n) is 5.02. The number of rotatable bonds is 6. The molecule has 1 aromatic heterocycles. The molecule has 1 amide bonds. The zero-order valence-corrected chi connectivity index (χ0v) is 17.2. The largest absolute Gasteiger partial charge is 0.324 e. The van der Waals surface area contributed by atoms with Gasteiger partial charge >= 0.3 is 0 Å². The van der Waals surface area contributed by atoms with Crippen molar-refractivity contribution in [3.63, 3.8) is 0 Å². The molecular formula is C22H22F2N4OS. The van der Waals surface area contributed by atoms with Crippen molar-refractivity contribution in [2.75, 3.05) is 11.1 Å². The first kappa shape index (κ1) is 20.5. The average molecular weight is 429 g/mol. The number of aromatic nitrogens is 3. The highest BCUT2D eigenvalue weighted by Crippen LogP contribution is 2.27. The molecule has 8 heteroatoms. The predicted octanol–water partition coefficient (Wildman–Crippen LogP) is 5.07. The molecule has 5 nitrogen and oxygen atoms in total. The van der Waals surface area contributed by atoms with Gasteiger partial charge in [-0.1, -0.05) is 6.42 Å². The number of anilines is 1. The zero-order valence-electron chi connectivity index (χ0n) is 16.4. The van der Waals surface area contributed by atoms with Crippen LogP contribution in [0.3, 0.4) is 0 Å². The molecule has 2 heterocycles. The number of carbonyl (C=O) groups excluding carboxylic acids is 1. The van der Waals surface area contributed by atoms with Gasteiger partial charge in [0.1, 0.15) is 17.5 Å². The molecule has 0 radical (unpaired) electrons. The quantitative estimate of drug-likeness (QED) is 0.557. The van der Waals surface area contributed by atoms with Crippen LogP contribution in [0, 0.1) is 11.6 Å². The number of aryl methyl sites for hydroxylation is 1. The summed E-state index contributed by atoms with van der Waals surface area (Å²) in [5.74, 6) is 1.10. The van der Waals surface area contributed by atoms with Crippen LogP contribution in [0.25, 0.3) is 11.4 Å². The van der Waals surface area contributed by atoms with Gasteiger partial charge in [0, 0.05) is 35.6 Å². The third-order valence-corrected chi connectivity index (χ3v) is 6.03. The van der Waals surface area contributed by atoms with Gasteiger partial charge in [0.25, 0.3) is 0 Å². The lowest BCUT2D eigenvalue weighted by Gasteiger charge is -2.10. The minimum atomic E-state index is -0.492. The molecule has 0 unspecified atom stereocenters. The number of fused-ring (bicyclic) bond motifs is 1. The molecule has 1 aliphatic rings. The van der Waals surface area contributed by atoms with Gasteiger partial charge in [-0.3, -0.25) is 4.79 Å². The summed E-state index contributed by atoms with van der Waals surface area (Å²) in [7, 11) is 0. The van der Waals surface area contributed by atoms with Crippen molar-refractivity contribution in [1.82, 2.24) is 14.8 Å². The first-order valence-electron chi connectivity index (χ1n) is 10.0. The van der Waals surface area contributed by atoms with Crippen molar-refractivity contribution >= 4 is 23.4 Å². The normalized spacial score (nSPS) is 13.5. The lowest BCUT2D eigenvalue weighted by Crippen LogP contribution is -2.13. The molecule has 0 bridgehead atoms. The van der Waals surface area contributed by atoms with E-state index in [9.17, 15) is 13.6 Å². The molecule has 2 aromatic carbocycles. The molecule has 3 aromatic rings. The smallest absolute Gasteiger partial charge is 0.225 e. The Labute approximate surface area is 177 Å². The van der Waals surface area contributed by atoms with Crippen molar-refractivity contribution in [3.05, 3.63) is 59.9 Å². The van der Waals surface area contributed by atoms with Crippen molar-refractivity contribution in [2.24, 2.45) is 0 Å². The van der Waals surface area contributed by atoms with Crippen molar-refractivity contribution in [1.29, 1.82) is 0 Å². The van der Waals surface area contributed by atoms with E-state index in [1.54, 1.807) is 24.3 Å². The van der Waals surface area contributed by atoms with Gasteiger partial charge in [-0.05, 0) is 55.3 Å². The number of hydrogen-bond donors (Lipinski definition) is 1. The lowest BCUT2D eigenvalue weighted by atomic mass is 10.1. The minimum absolute atomic E-state index is 0.134. The Kier molecular flexibility index (Phi) is 6.42. The number of nitrogens with one attached hydrogen (secondary N) is 1. The predicted molar refractivity (Wildman–Crippen MR) is 113 cm³/mol. The van der Waals surface area contributed by atoms with Crippen LogP contribution in [0.2, 0.25) is 0 Å². The van der Waals surface area contributed by atoms with E-state index in [1.165, 1.54) is 30.0 Å². The van der Waals surface area contributed by atoms with Gasteiger partial charge in [0.05, 0.1) is 5.69 Å². The van der Waals surface area contributed by atoms with E-state index in [-0.39, 0.29) is 23.8 Å². The number of nitrogens with zero attached hydrogens (tertiary/aromatic N) is 3. The zero-order chi connectivity index (χ0) is 20.9. The van der Waals surface area contributed by atoms with Crippen LogP contribution in [0.4, 0.5) is 14.5 Å². The number of carbonyl (C=O) groups is 1. The Balaban J connectivity index is 1.41. The molecule has 156 valence electrons. The van der Waals surface area contributed by atoms with Gasteiger partial charge in [0.15, 0.2) is 5.82 Å². The monoisotopic (exact) mass is 428 g/mol. The highest BCUT2D eigenvalue weighted by molar-refractivity contribution is 7.99. The molecule has 1 aliphatic heterocycles. The Morgan fingerprint density at radius 1 is 1.07 bits per heavy atom. The number of benzene rings is 2. The van der Waals surface area contributed by atoms with Crippen LogP contribution < -0.4 is 5.32 Å². The molecule has 0 fully saturated rings. The summed E-state index contributed by atoms with van der Waals surface area (Å²) in [6, 6.07) is 10.7.